The number of nitrogens with one attached hydrogen (secondary N) is 1. The normalized spacial score (nSPS) is 12.4. The van der Waals surface area contributed by atoms with Gasteiger partial charge < -0.3 is 0 Å². The lowest BCUT2D eigenvalue weighted by Gasteiger charge is -2.17. The van der Waals surface area contributed by atoms with Gasteiger partial charge in [-0.25, -0.2) is 8.78 Å². The summed E-state index contributed by atoms with van der Waals surface area (Å²) < 4.78 is 26.3. The zero-order valence-corrected chi connectivity index (χ0v) is 12.6. The van der Waals surface area contributed by atoms with Crippen molar-refractivity contribution in [1.82, 2.24) is 5.43 Å². The molecule has 0 heterocycles. The molecule has 6 heteroatoms. The lowest BCUT2D eigenvalue weighted by Crippen LogP contribution is -2.38. The van der Waals surface area contributed by atoms with Gasteiger partial charge >= 0.3 is 0 Å². The standard InChI is InChI=1S/C15H14Cl2F2N2/c16-14-4-3-11(18)5-10(14)7-13(21-20)6-9-1-2-12(19)8-15(9)17/h1-5,8,13,21H,6-7,20H2. The molecule has 0 spiro atoms. The Hall–Kier alpha value is -1.20. The zero-order chi connectivity index (χ0) is 15.4. The first-order chi connectivity index (χ1) is 9.99. The smallest absolute Gasteiger partial charge is 0.124 e. The molecule has 112 valence electrons. The van der Waals surface area contributed by atoms with Gasteiger partial charge in [0, 0.05) is 16.1 Å². The second-order valence-corrected chi connectivity index (χ2v) is 5.56. The first kappa shape index (κ1) is 16.2. The van der Waals surface area contributed by atoms with Crippen LogP contribution in [-0.2, 0) is 12.8 Å². The Bertz CT molecular complexity index is 635. The summed E-state index contributed by atoms with van der Waals surface area (Å²) in [5, 5.41) is 0.808. The highest BCUT2D eigenvalue weighted by molar-refractivity contribution is 6.31. The highest BCUT2D eigenvalue weighted by Gasteiger charge is 2.14. The van der Waals surface area contributed by atoms with Crippen molar-refractivity contribution in [2.75, 3.05) is 0 Å². The van der Waals surface area contributed by atoms with E-state index in [2.05, 4.69) is 5.43 Å². The number of nitrogens with two attached hydrogens (primary N) is 1. The van der Waals surface area contributed by atoms with Crippen LogP contribution in [0.5, 0.6) is 0 Å². The maximum absolute atomic E-state index is 13.3. The van der Waals surface area contributed by atoms with Gasteiger partial charge in [0.05, 0.1) is 0 Å². The van der Waals surface area contributed by atoms with Gasteiger partial charge in [0.15, 0.2) is 0 Å². The predicted octanol–water partition coefficient (Wildman–Crippen LogP) is 3.89. The minimum Gasteiger partial charge on any atom is -0.271 e. The van der Waals surface area contributed by atoms with Gasteiger partial charge in [-0.3, -0.25) is 11.3 Å². The minimum absolute atomic E-state index is 0.202. The average molecular weight is 331 g/mol. The van der Waals surface area contributed by atoms with Crippen molar-refractivity contribution in [3.63, 3.8) is 0 Å². The molecule has 2 nitrogen and oxygen atoms in total. The molecule has 0 bridgehead atoms. The van der Waals surface area contributed by atoms with Crippen molar-refractivity contribution >= 4 is 23.2 Å². The van der Waals surface area contributed by atoms with Crippen molar-refractivity contribution < 1.29 is 8.78 Å². The third-order valence-electron chi connectivity index (χ3n) is 3.19. The molecule has 3 N–H and O–H groups in total. The van der Waals surface area contributed by atoms with E-state index in [-0.39, 0.29) is 11.9 Å². The van der Waals surface area contributed by atoms with Crippen molar-refractivity contribution in [2.24, 2.45) is 5.84 Å². The maximum Gasteiger partial charge on any atom is 0.124 e. The third-order valence-corrected chi connectivity index (χ3v) is 3.91. The van der Waals surface area contributed by atoms with Gasteiger partial charge in [-0.15, -0.1) is 0 Å². The fraction of sp³-hybridized carbons (Fsp3) is 0.200. The van der Waals surface area contributed by atoms with Crippen LogP contribution in [-0.4, -0.2) is 6.04 Å². The molecule has 1 unspecified atom stereocenters. The van der Waals surface area contributed by atoms with Crippen LogP contribution >= 0.6 is 23.2 Å². The molecule has 2 aromatic rings. The Labute approximate surface area is 131 Å². The van der Waals surface area contributed by atoms with Gasteiger partial charge in [-0.2, -0.15) is 0 Å². The quantitative estimate of drug-likeness (QED) is 0.644. The highest BCUT2D eigenvalue weighted by atomic mass is 35.5. The Morgan fingerprint density at radius 2 is 1.52 bits per heavy atom. The van der Waals surface area contributed by atoms with E-state index in [1.54, 1.807) is 6.07 Å². The second-order valence-electron chi connectivity index (χ2n) is 4.74. The van der Waals surface area contributed by atoms with Crippen LogP contribution in [0.25, 0.3) is 0 Å². The van der Waals surface area contributed by atoms with Crippen LogP contribution in [0, 0.1) is 11.6 Å². The first-order valence-electron chi connectivity index (χ1n) is 6.33. The number of hydrogen-bond acceptors (Lipinski definition) is 2. The van der Waals surface area contributed by atoms with E-state index in [0.29, 0.717) is 28.5 Å². The van der Waals surface area contributed by atoms with E-state index in [4.69, 9.17) is 29.0 Å². The third kappa shape index (κ3) is 4.38. The topological polar surface area (TPSA) is 38.0 Å². The molecule has 0 radical (unpaired) electrons. The van der Waals surface area contributed by atoms with E-state index in [1.807, 2.05) is 0 Å². The van der Waals surface area contributed by atoms with E-state index < -0.39 is 5.82 Å². The Morgan fingerprint density at radius 1 is 0.905 bits per heavy atom. The summed E-state index contributed by atoms with van der Waals surface area (Å²) in [6, 6.07) is 8.17. The lowest BCUT2D eigenvalue weighted by molar-refractivity contribution is 0.520. The van der Waals surface area contributed by atoms with E-state index in [9.17, 15) is 8.78 Å². The molecule has 0 saturated carbocycles. The number of halogens is 4. The molecule has 21 heavy (non-hydrogen) atoms. The summed E-state index contributed by atoms with van der Waals surface area (Å²) in [6.07, 6.45) is 0.906. The van der Waals surface area contributed by atoms with Gasteiger partial charge in [0.1, 0.15) is 11.6 Å². The summed E-state index contributed by atoms with van der Waals surface area (Å²) in [5.41, 5.74) is 4.06. The monoisotopic (exact) mass is 330 g/mol. The molecule has 0 aliphatic heterocycles. The van der Waals surface area contributed by atoms with Crippen LogP contribution in [0.1, 0.15) is 11.1 Å². The molecule has 0 amide bonds. The van der Waals surface area contributed by atoms with Gasteiger partial charge in [0.2, 0.25) is 0 Å². The largest absolute Gasteiger partial charge is 0.271 e. The maximum atomic E-state index is 13.3. The van der Waals surface area contributed by atoms with E-state index in [0.717, 1.165) is 5.56 Å². The Morgan fingerprint density at radius 3 is 2.19 bits per heavy atom. The summed E-state index contributed by atoms with van der Waals surface area (Å²) in [6.45, 7) is 0. The predicted molar refractivity (Wildman–Crippen MR) is 81.3 cm³/mol. The molecular weight excluding hydrogens is 317 g/mol. The fourth-order valence-corrected chi connectivity index (χ4v) is 2.55. The second kappa shape index (κ2) is 7.18. The van der Waals surface area contributed by atoms with Crippen molar-refractivity contribution in [1.29, 1.82) is 0 Å². The highest BCUT2D eigenvalue weighted by Crippen LogP contribution is 2.22. The SMILES string of the molecule is NNC(Cc1ccc(F)cc1Cl)Cc1cc(F)ccc1Cl. The van der Waals surface area contributed by atoms with Gasteiger partial charge in [0.25, 0.3) is 0 Å². The minimum atomic E-state index is -0.394. The summed E-state index contributed by atoms with van der Waals surface area (Å²) in [4.78, 5) is 0. The summed E-state index contributed by atoms with van der Waals surface area (Å²) >= 11 is 12.0. The summed E-state index contributed by atoms with van der Waals surface area (Å²) in [5.74, 6) is 4.78. The van der Waals surface area contributed by atoms with Crippen LogP contribution in [0.15, 0.2) is 36.4 Å². The van der Waals surface area contributed by atoms with E-state index in [1.165, 1.54) is 30.3 Å². The van der Waals surface area contributed by atoms with Crippen molar-refractivity contribution in [2.45, 2.75) is 18.9 Å². The Kier molecular flexibility index (Phi) is 5.53. The molecular formula is C15H14Cl2F2N2. The fourth-order valence-electron chi connectivity index (χ4n) is 2.11. The molecule has 0 aromatic heterocycles. The van der Waals surface area contributed by atoms with E-state index >= 15 is 0 Å². The van der Waals surface area contributed by atoms with Crippen LogP contribution < -0.4 is 11.3 Å². The Balaban J connectivity index is 2.14. The molecule has 0 saturated heterocycles. The average Bonchev–Trinajstić information content (AvgIpc) is 2.44. The number of rotatable bonds is 5. The first-order valence-corrected chi connectivity index (χ1v) is 7.09. The number of benzene rings is 2. The van der Waals surface area contributed by atoms with Crippen LogP contribution in [0.2, 0.25) is 10.0 Å². The van der Waals surface area contributed by atoms with Crippen molar-refractivity contribution in [3.05, 3.63) is 69.2 Å². The molecule has 2 rings (SSSR count). The number of hydrazine groups is 1. The molecule has 0 fully saturated rings. The van der Waals surface area contributed by atoms with Gasteiger partial charge in [-0.05, 0) is 54.3 Å². The van der Waals surface area contributed by atoms with Crippen LogP contribution in [0.3, 0.4) is 0 Å². The molecule has 1 atom stereocenters. The number of hydrogen-bond donors (Lipinski definition) is 2. The summed E-state index contributed by atoms with van der Waals surface area (Å²) in [7, 11) is 0. The zero-order valence-electron chi connectivity index (χ0n) is 11.0. The van der Waals surface area contributed by atoms with Crippen LogP contribution in [0.4, 0.5) is 8.78 Å². The molecule has 0 aliphatic rings. The van der Waals surface area contributed by atoms with Gasteiger partial charge in [-0.1, -0.05) is 29.3 Å². The molecule has 0 aliphatic carbocycles. The molecule has 2 aromatic carbocycles. The van der Waals surface area contributed by atoms with Crippen molar-refractivity contribution in [3.8, 4) is 0 Å². The lowest BCUT2D eigenvalue weighted by atomic mass is 9.99.